The Morgan fingerprint density at radius 1 is 1.07 bits per heavy atom. The van der Waals surface area contributed by atoms with Gasteiger partial charge in [0.25, 0.3) is 11.6 Å². The molecule has 0 spiro atoms. The number of para-hydroxylation sites is 1. The number of nitro groups is 1. The van der Waals surface area contributed by atoms with Gasteiger partial charge in [-0.3, -0.25) is 19.9 Å². The average Bonchev–Trinajstić information content (AvgIpc) is 2.80. The van der Waals surface area contributed by atoms with E-state index in [0.29, 0.717) is 43.2 Å². The first-order chi connectivity index (χ1) is 14.6. The molecule has 30 heavy (non-hydrogen) atoms. The van der Waals surface area contributed by atoms with Crippen molar-refractivity contribution in [2.75, 3.05) is 36.5 Å². The number of aromatic nitrogens is 1. The SMILES string of the molecule is O=C(Nc1ccccc1-c1ccccn1)c1ccc([N+](=O)[O-])cc1N1CCOCC1. The zero-order valence-electron chi connectivity index (χ0n) is 16.2. The number of hydrogen-bond donors (Lipinski definition) is 1. The number of rotatable bonds is 5. The average molecular weight is 404 g/mol. The number of carbonyl (C=O) groups excluding carboxylic acids is 1. The summed E-state index contributed by atoms with van der Waals surface area (Å²) >= 11 is 0. The van der Waals surface area contributed by atoms with Crippen LogP contribution in [0.5, 0.6) is 0 Å². The third-order valence-electron chi connectivity index (χ3n) is 4.90. The number of hydrogen-bond acceptors (Lipinski definition) is 6. The van der Waals surface area contributed by atoms with Gasteiger partial charge in [0.05, 0.1) is 40.8 Å². The van der Waals surface area contributed by atoms with Gasteiger partial charge in [-0.25, -0.2) is 0 Å². The van der Waals surface area contributed by atoms with Crippen LogP contribution in [0.15, 0.2) is 66.9 Å². The van der Waals surface area contributed by atoms with Gasteiger partial charge in [-0.1, -0.05) is 24.3 Å². The molecular weight excluding hydrogens is 384 g/mol. The Morgan fingerprint density at radius 3 is 2.57 bits per heavy atom. The van der Waals surface area contributed by atoms with E-state index >= 15 is 0 Å². The van der Waals surface area contributed by atoms with Crippen LogP contribution in [-0.4, -0.2) is 42.1 Å². The highest BCUT2D eigenvalue weighted by molar-refractivity contribution is 6.09. The zero-order chi connectivity index (χ0) is 20.9. The van der Waals surface area contributed by atoms with Gasteiger partial charge in [-0.2, -0.15) is 0 Å². The van der Waals surface area contributed by atoms with Crippen molar-refractivity contribution < 1.29 is 14.5 Å². The molecule has 1 N–H and O–H groups in total. The summed E-state index contributed by atoms with van der Waals surface area (Å²) in [7, 11) is 0. The number of nitro benzene ring substituents is 1. The molecule has 0 atom stereocenters. The normalized spacial score (nSPS) is 13.7. The van der Waals surface area contributed by atoms with Crippen molar-refractivity contribution in [3.8, 4) is 11.3 Å². The lowest BCUT2D eigenvalue weighted by atomic mass is 10.1. The van der Waals surface area contributed by atoms with E-state index in [1.807, 2.05) is 47.4 Å². The van der Waals surface area contributed by atoms with Crippen LogP contribution in [0.3, 0.4) is 0 Å². The van der Waals surface area contributed by atoms with E-state index in [-0.39, 0.29) is 11.6 Å². The Hall–Kier alpha value is -3.78. The summed E-state index contributed by atoms with van der Waals surface area (Å²) in [5.74, 6) is -0.338. The van der Waals surface area contributed by atoms with E-state index < -0.39 is 4.92 Å². The molecule has 3 aromatic rings. The smallest absolute Gasteiger partial charge is 0.271 e. The van der Waals surface area contributed by atoms with Gasteiger partial charge in [0.2, 0.25) is 0 Å². The minimum Gasteiger partial charge on any atom is -0.378 e. The van der Waals surface area contributed by atoms with Crippen molar-refractivity contribution in [3.63, 3.8) is 0 Å². The van der Waals surface area contributed by atoms with E-state index in [1.165, 1.54) is 18.2 Å². The van der Waals surface area contributed by atoms with Crippen LogP contribution in [0.25, 0.3) is 11.3 Å². The van der Waals surface area contributed by atoms with Crippen LogP contribution in [0.4, 0.5) is 17.1 Å². The summed E-state index contributed by atoms with van der Waals surface area (Å²) < 4.78 is 5.38. The number of morpholine rings is 1. The zero-order valence-corrected chi connectivity index (χ0v) is 16.2. The van der Waals surface area contributed by atoms with E-state index in [1.54, 1.807) is 6.20 Å². The van der Waals surface area contributed by atoms with Gasteiger partial charge in [0.15, 0.2) is 0 Å². The molecule has 1 fully saturated rings. The first kappa shape index (κ1) is 19.5. The van der Waals surface area contributed by atoms with Crippen LogP contribution >= 0.6 is 0 Å². The Labute approximate surface area is 173 Å². The molecule has 1 amide bonds. The molecule has 152 valence electrons. The van der Waals surface area contributed by atoms with Crippen LogP contribution in [0, 0.1) is 10.1 Å². The summed E-state index contributed by atoms with van der Waals surface area (Å²) in [5.41, 5.74) is 3.00. The van der Waals surface area contributed by atoms with Crippen molar-refractivity contribution in [2.45, 2.75) is 0 Å². The molecule has 2 aromatic carbocycles. The van der Waals surface area contributed by atoms with Crippen LogP contribution in [0.1, 0.15) is 10.4 Å². The molecule has 1 aromatic heterocycles. The van der Waals surface area contributed by atoms with Gasteiger partial charge >= 0.3 is 0 Å². The Balaban J connectivity index is 1.68. The quantitative estimate of drug-likeness (QED) is 0.514. The van der Waals surface area contributed by atoms with Gasteiger partial charge in [-0.15, -0.1) is 0 Å². The number of ether oxygens (including phenoxy) is 1. The summed E-state index contributed by atoms with van der Waals surface area (Å²) in [5, 5.41) is 14.2. The molecular formula is C22H20N4O4. The second kappa shape index (κ2) is 8.71. The third kappa shape index (κ3) is 4.13. The number of nitrogens with zero attached hydrogens (tertiary/aromatic N) is 3. The largest absolute Gasteiger partial charge is 0.378 e. The van der Waals surface area contributed by atoms with Gasteiger partial charge in [0.1, 0.15) is 0 Å². The lowest BCUT2D eigenvalue weighted by Crippen LogP contribution is -2.37. The minimum absolute atomic E-state index is 0.0538. The van der Waals surface area contributed by atoms with Gasteiger partial charge in [0, 0.05) is 37.0 Å². The summed E-state index contributed by atoms with van der Waals surface area (Å²) in [6.45, 7) is 2.14. The maximum atomic E-state index is 13.2. The number of nitrogens with one attached hydrogen (secondary N) is 1. The molecule has 2 heterocycles. The topological polar surface area (TPSA) is 97.6 Å². The standard InChI is InChI=1S/C22H20N4O4/c27-22(24-20-7-2-1-5-17(20)19-6-3-4-10-23-19)18-9-8-16(26(28)29)15-21(18)25-11-13-30-14-12-25/h1-10,15H,11-14H2,(H,24,27). The lowest BCUT2D eigenvalue weighted by Gasteiger charge is -2.30. The highest BCUT2D eigenvalue weighted by atomic mass is 16.6. The molecule has 0 aliphatic carbocycles. The van der Waals surface area contributed by atoms with Crippen molar-refractivity contribution in [2.24, 2.45) is 0 Å². The lowest BCUT2D eigenvalue weighted by molar-refractivity contribution is -0.384. The summed E-state index contributed by atoms with van der Waals surface area (Å²) in [6, 6.07) is 17.3. The van der Waals surface area contributed by atoms with E-state index in [0.717, 1.165) is 11.3 Å². The van der Waals surface area contributed by atoms with E-state index in [9.17, 15) is 14.9 Å². The highest BCUT2D eigenvalue weighted by Crippen LogP contribution is 2.30. The van der Waals surface area contributed by atoms with Crippen molar-refractivity contribution in [1.82, 2.24) is 4.98 Å². The predicted octanol–water partition coefficient (Wildman–Crippen LogP) is 3.75. The van der Waals surface area contributed by atoms with Crippen LogP contribution in [0.2, 0.25) is 0 Å². The first-order valence-corrected chi connectivity index (χ1v) is 9.56. The van der Waals surface area contributed by atoms with Crippen LogP contribution in [-0.2, 0) is 4.74 Å². The second-order valence-electron chi connectivity index (χ2n) is 6.77. The van der Waals surface area contributed by atoms with Gasteiger partial charge in [-0.05, 0) is 24.3 Å². The maximum absolute atomic E-state index is 13.2. The number of non-ortho nitro benzene ring substituents is 1. The molecule has 0 bridgehead atoms. The van der Waals surface area contributed by atoms with E-state index in [2.05, 4.69) is 10.3 Å². The Bertz CT molecular complexity index is 1070. The molecule has 0 unspecified atom stereocenters. The summed E-state index contributed by atoms with van der Waals surface area (Å²) in [4.78, 5) is 30.3. The number of anilines is 2. The Kier molecular flexibility index (Phi) is 5.67. The van der Waals surface area contributed by atoms with Crippen molar-refractivity contribution >= 4 is 23.0 Å². The molecule has 1 saturated heterocycles. The fourth-order valence-corrected chi connectivity index (χ4v) is 3.42. The first-order valence-electron chi connectivity index (χ1n) is 9.56. The van der Waals surface area contributed by atoms with Crippen LogP contribution < -0.4 is 10.2 Å². The molecule has 0 radical (unpaired) electrons. The number of amides is 1. The van der Waals surface area contributed by atoms with Crippen molar-refractivity contribution in [1.29, 1.82) is 0 Å². The maximum Gasteiger partial charge on any atom is 0.271 e. The number of carbonyl (C=O) groups is 1. The second-order valence-corrected chi connectivity index (χ2v) is 6.77. The number of pyridine rings is 1. The molecule has 1 aliphatic rings. The monoisotopic (exact) mass is 404 g/mol. The van der Waals surface area contributed by atoms with E-state index in [4.69, 9.17) is 4.74 Å². The molecule has 8 nitrogen and oxygen atoms in total. The molecule has 4 rings (SSSR count). The minimum atomic E-state index is -0.456. The highest BCUT2D eigenvalue weighted by Gasteiger charge is 2.22. The molecule has 1 aliphatic heterocycles. The van der Waals surface area contributed by atoms with Crippen molar-refractivity contribution in [3.05, 3.63) is 82.5 Å². The fraction of sp³-hybridized carbons (Fsp3) is 0.182. The molecule has 0 saturated carbocycles. The van der Waals surface area contributed by atoms with Gasteiger partial charge < -0.3 is 15.0 Å². The predicted molar refractivity (Wildman–Crippen MR) is 114 cm³/mol. The summed E-state index contributed by atoms with van der Waals surface area (Å²) in [6.07, 6.45) is 1.70. The fourth-order valence-electron chi connectivity index (χ4n) is 3.42. The number of benzene rings is 2. The third-order valence-corrected chi connectivity index (χ3v) is 4.90. The molecule has 8 heteroatoms. The Morgan fingerprint density at radius 2 is 1.83 bits per heavy atom.